The molecule has 2 unspecified atom stereocenters. The molecule has 0 aromatic heterocycles. The van der Waals surface area contributed by atoms with Gasteiger partial charge in [-0.25, -0.2) is 4.39 Å². The van der Waals surface area contributed by atoms with Crippen molar-refractivity contribution >= 4 is 17.5 Å². The highest BCUT2D eigenvalue weighted by atomic mass is 19.1. The quantitative estimate of drug-likeness (QED) is 0.596. The van der Waals surface area contributed by atoms with E-state index < -0.39 is 12.0 Å². The fourth-order valence-corrected chi connectivity index (χ4v) is 2.89. The van der Waals surface area contributed by atoms with E-state index in [1.165, 1.54) is 24.3 Å². The number of anilines is 1. The fourth-order valence-electron chi connectivity index (χ4n) is 2.89. The van der Waals surface area contributed by atoms with Crippen LogP contribution in [0.1, 0.15) is 35.8 Å². The molecule has 2 N–H and O–H groups in total. The minimum Gasteiger partial charge on any atom is -0.481 e. The Morgan fingerprint density at radius 2 is 1.50 bits per heavy atom. The molecule has 0 saturated carbocycles. The zero-order valence-corrected chi connectivity index (χ0v) is 16.8. The second-order valence-corrected chi connectivity index (χ2v) is 6.85. The molecular weight excluding hydrogens is 383 g/mol. The van der Waals surface area contributed by atoms with Crippen LogP contribution < -0.4 is 15.4 Å². The van der Waals surface area contributed by atoms with Crippen molar-refractivity contribution in [3.63, 3.8) is 0 Å². The van der Waals surface area contributed by atoms with Crippen LogP contribution in [0.2, 0.25) is 0 Å². The van der Waals surface area contributed by atoms with Crippen LogP contribution in [-0.4, -0.2) is 17.9 Å². The molecule has 5 nitrogen and oxygen atoms in total. The number of benzene rings is 3. The Balaban J connectivity index is 1.67. The molecule has 0 aliphatic rings. The lowest BCUT2D eigenvalue weighted by Crippen LogP contribution is -2.32. The number of carbonyl (C=O) groups is 2. The topological polar surface area (TPSA) is 67.4 Å². The summed E-state index contributed by atoms with van der Waals surface area (Å²) >= 11 is 0. The molecule has 2 atom stereocenters. The molecule has 0 spiro atoms. The predicted octanol–water partition coefficient (Wildman–Crippen LogP) is 4.72. The van der Waals surface area contributed by atoms with E-state index in [9.17, 15) is 14.0 Å². The summed E-state index contributed by atoms with van der Waals surface area (Å²) in [7, 11) is 0. The van der Waals surface area contributed by atoms with Gasteiger partial charge >= 0.3 is 0 Å². The van der Waals surface area contributed by atoms with E-state index in [-0.39, 0.29) is 17.8 Å². The van der Waals surface area contributed by atoms with E-state index >= 15 is 0 Å². The van der Waals surface area contributed by atoms with Crippen molar-refractivity contribution in [3.05, 3.63) is 95.8 Å². The van der Waals surface area contributed by atoms with Crippen molar-refractivity contribution in [2.24, 2.45) is 0 Å². The van der Waals surface area contributed by atoms with Crippen LogP contribution in [0, 0.1) is 5.82 Å². The molecule has 0 saturated heterocycles. The normalized spacial score (nSPS) is 12.5. The zero-order valence-electron chi connectivity index (χ0n) is 16.8. The molecule has 0 aliphatic carbocycles. The predicted molar refractivity (Wildman–Crippen MR) is 114 cm³/mol. The van der Waals surface area contributed by atoms with E-state index in [4.69, 9.17) is 4.74 Å². The first kappa shape index (κ1) is 21.0. The molecule has 0 heterocycles. The van der Waals surface area contributed by atoms with Gasteiger partial charge in [0.25, 0.3) is 11.8 Å². The maximum atomic E-state index is 13.0. The number of carbonyl (C=O) groups excluding carboxylic acids is 2. The third-order valence-corrected chi connectivity index (χ3v) is 4.57. The second-order valence-electron chi connectivity index (χ2n) is 6.85. The van der Waals surface area contributed by atoms with Crippen LogP contribution in [0.5, 0.6) is 5.75 Å². The summed E-state index contributed by atoms with van der Waals surface area (Å²) in [6.45, 7) is 3.48. The summed E-state index contributed by atoms with van der Waals surface area (Å²) in [5.41, 5.74) is 1.71. The van der Waals surface area contributed by atoms with E-state index in [1.807, 2.05) is 37.3 Å². The van der Waals surface area contributed by atoms with Crippen molar-refractivity contribution in [3.8, 4) is 5.75 Å². The van der Waals surface area contributed by atoms with Gasteiger partial charge in [0.15, 0.2) is 6.10 Å². The van der Waals surface area contributed by atoms with Crippen LogP contribution in [0.25, 0.3) is 0 Å². The standard InChI is InChI=1S/C24H23FN2O3/c1-16(18-8-4-3-5-9-18)26-24(29)21-10-6-7-11-22(21)27-23(28)17(2)30-20-14-12-19(25)13-15-20/h3-17H,1-2H3,(H,26,29)(H,27,28). The summed E-state index contributed by atoms with van der Waals surface area (Å²) in [4.78, 5) is 25.4. The smallest absolute Gasteiger partial charge is 0.265 e. The third kappa shape index (κ3) is 5.44. The molecule has 30 heavy (non-hydrogen) atoms. The van der Waals surface area contributed by atoms with Crippen molar-refractivity contribution in [1.29, 1.82) is 0 Å². The number of rotatable bonds is 7. The lowest BCUT2D eigenvalue weighted by molar-refractivity contribution is -0.122. The van der Waals surface area contributed by atoms with Gasteiger partial charge in [-0.05, 0) is 55.8 Å². The summed E-state index contributed by atoms with van der Waals surface area (Å²) in [6.07, 6.45) is -0.838. The molecule has 3 aromatic rings. The van der Waals surface area contributed by atoms with Gasteiger partial charge in [0.05, 0.1) is 17.3 Å². The summed E-state index contributed by atoms with van der Waals surface area (Å²) in [5.74, 6) is -0.726. The highest BCUT2D eigenvalue weighted by Gasteiger charge is 2.19. The number of hydrogen-bond acceptors (Lipinski definition) is 3. The van der Waals surface area contributed by atoms with Gasteiger partial charge in [-0.15, -0.1) is 0 Å². The van der Waals surface area contributed by atoms with Gasteiger partial charge in [0.1, 0.15) is 11.6 Å². The third-order valence-electron chi connectivity index (χ3n) is 4.57. The Kier molecular flexibility index (Phi) is 6.80. The number of halogens is 1. The molecule has 0 fully saturated rings. The number of para-hydroxylation sites is 1. The van der Waals surface area contributed by atoms with Crippen LogP contribution in [0.3, 0.4) is 0 Å². The van der Waals surface area contributed by atoms with E-state index in [0.717, 1.165) is 5.56 Å². The number of nitrogens with one attached hydrogen (secondary N) is 2. The van der Waals surface area contributed by atoms with Crippen LogP contribution >= 0.6 is 0 Å². The Hall–Kier alpha value is -3.67. The summed E-state index contributed by atoms with van der Waals surface area (Å²) < 4.78 is 18.6. The minimum atomic E-state index is -0.838. The molecule has 154 valence electrons. The lowest BCUT2D eigenvalue weighted by Gasteiger charge is -2.18. The van der Waals surface area contributed by atoms with Crippen molar-refractivity contribution in [1.82, 2.24) is 5.32 Å². The van der Waals surface area contributed by atoms with Crippen molar-refractivity contribution < 1.29 is 18.7 Å². The Bertz CT molecular complexity index is 1010. The van der Waals surface area contributed by atoms with Gasteiger partial charge in [0.2, 0.25) is 0 Å². The molecule has 3 rings (SSSR count). The molecule has 0 radical (unpaired) electrons. The first-order chi connectivity index (χ1) is 14.4. The van der Waals surface area contributed by atoms with Gasteiger partial charge in [0, 0.05) is 0 Å². The average Bonchev–Trinajstić information content (AvgIpc) is 2.76. The van der Waals surface area contributed by atoms with Gasteiger partial charge < -0.3 is 15.4 Å². The molecule has 0 aliphatic heterocycles. The minimum absolute atomic E-state index is 0.191. The second kappa shape index (κ2) is 9.69. The van der Waals surface area contributed by atoms with Gasteiger partial charge in [-0.1, -0.05) is 42.5 Å². The lowest BCUT2D eigenvalue weighted by atomic mass is 10.1. The molecule has 0 bridgehead atoms. The van der Waals surface area contributed by atoms with Crippen molar-refractivity contribution in [2.75, 3.05) is 5.32 Å². The highest BCUT2D eigenvalue weighted by molar-refractivity contribution is 6.04. The maximum absolute atomic E-state index is 13.0. The van der Waals surface area contributed by atoms with Crippen LogP contribution in [0.4, 0.5) is 10.1 Å². The molecule has 3 aromatic carbocycles. The zero-order chi connectivity index (χ0) is 21.5. The monoisotopic (exact) mass is 406 g/mol. The molecular formula is C24H23FN2O3. The highest BCUT2D eigenvalue weighted by Crippen LogP contribution is 2.19. The number of ether oxygens (including phenoxy) is 1. The summed E-state index contributed by atoms with van der Waals surface area (Å²) in [5, 5.41) is 5.68. The van der Waals surface area contributed by atoms with E-state index in [1.54, 1.807) is 31.2 Å². The van der Waals surface area contributed by atoms with E-state index in [2.05, 4.69) is 10.6 Å². The van der Waals surface area contributed by atoms with Crippen LogP contribution in [0.15, 0.2) is 78.9 Å². The SMILES string of the molecule is CC(Oc1ccc(F)cc1)C(=O)Nc1ccccc1C(=O)NC(C)c1ccccc1. The first-order valence-electron chi connectivity index (χ1n) is 9.62. The number of amides is 2. The average molecular weight is 406 g/mol. The Morgan fingerprint density at radius 1 is 0.867 bits per heavy atom. The molecule has 2 amide bonds. The van der Waals surface area contributed by atoms with Gasteiger partial charge in [-0.2, -0.15) is 0 Å². The summed E-state index contributed by atoms with van der Waals surface area (Å²) in [6, 6.07) is 21.6. The Labute approximate surface area is 174 Å². The van der Waals surface area contributed by atoms with Crippen LogP contribution in [-0.2, 0) is 4.79 Å². The van der Waals surface area contributed by atoms with Crippen molar-refractivity contribution in [2.45, 2.75) is 26.0 Å². The fraction of sp³-hybridized carbons (Fsp3) is 0.167. The molecule has 6 heteroatoms. The first-order valence-corrected chi connectivity index (χ1v) is 9.62. The van der Waals surface area contributed by atoms with E-state index in [0.29, 0.717) is 17.0 Å². The Morgan fingerprint density at radius 3 is 2.20 bits per heavy atom. The maximum Gasteiger partial charge on any atom is 0.265 e. The van der Waals surface area contributed by atoms with Gasteiger partial charge in [-0.3, -0.25) is 9.59 Å². The number of hydrogen-bond donors (Lipinski definition) is 2. The largest absolute Gasteiger partial charge is 0.481 e.